The number of hydrogen-bond donors (Lipinski definition) is 2. The molecule has 1 saturated carbocycles. The first kappa shape index (κ1) is 18.4. The van der Waals surface area contributed by atoms with Crippen LogP contribution in [-0.4, -0.2) is 90.5 Å². The molecule has 0 bridgehead atoms. The first-order valence-corrected chi connectivity index (χ1v) is 10.5. The molecule has 10 nitrogen and oxygen atoms in total. The number of morpholine rings is 1. The molecule has 0 aromatic heterocycles. The van der Waals surface area contributed by atoms with Crippen LogP contribution in [0.15, 0.2) is 21.3 Å². The molecular formula is C19H27N7O3. The zero-order valence-corrected chi connectivity index (χ0v) is 16.5. The van der Waals surface area contributed by atoms with E-state index >= 15 is 0 Å². The van der Waals surface area contributed by atoms with E-state index in [1.54, 1.807) is 4.90 Å². The standard InChI is InChI=1S/C19H27N7O3/c27-15-12-25(19(28)20-14-4-2-1-3-5-14)10-13-11-26-17(21-16(13)15)22-18(23-26)24-6-8-29-9-7-24/h14H,1-12H2,(H,20,28)(H,21,22,23). The van der Waals surface area contributed by atoms with Gasteiger partial charge in [-0.3, -0.25) is 10.2 Å². The van der Waals surface area contributed by atoms with Gasteiger partial charge in [-0.15, -0.1) is 0 Å². The summed E-state index contributed by atoms with van der Waals surface area (Å²) in [6.45, 7) is 3.87. The highest BCUT2D eigenvalue weighted by molar-refractivity contribution is 6.07. The van der Waals surface area contributed by atoms with E-state index in [0.717, 1.165) is 50.3 Å². The maximum absolute atomic E-state index is 12.7. The highest BCUT2D eigenvalue weighted by Gasteiger charge is 2.37. The van der Waals surface area contributed by atoms with Crippen molar-refractivity contribution in [3.8, 4) is 0 Å². The lowest BCUT2D eigenvalue weighted by Crippen LogP contribution is -2.54. The molecule has 0 aromatic rings. The molecule has 29 heavy (non-hydrogen) atoms. The van der Waals surface area contributed by atoms with Crippen molar-refractivity contribution in [2.75, 3.05) is 45.9 Å². The fraction of sp³-hybridized carbons (Fsp3) is 0.684. The summed E-state index contributed by atoms with van der Waals surface area (Å²) in [4.78, 5) is 38.2. The Morgan fingerprint density at radius 3 is 2.66 bits per heavy atom. The summed E-state index contributed by atoms with van der Waals surface area (Å²) in [6, 6.07) is 0.0775. The molecule has 10 heteroatoms. The molecule has 5 rings (SSSR count). The second-order valence-electron chi connectivity index (χ2n) is 8.16. The van der Waals surface area contributed by atoms with Gasteiger partial charge in [0.15, 0.2) is 0 Å². The Hall–Kier alpha value is -2.62. The smallest absolute Gasteiger partial charge is 0.318 e. The number of rotatable bonds is 1. The number of urea groups is 1. The van der Waals surface area contributed by atoms with Crippen molar-refractivity contribution in [3.05, 3.63) is 11.3 Å². The quantitative estimate of drug-likeness (QED) is 0.644. The molecule has 1 saturated heterocycles. The van der Waals surface area contributed by atoms with Gasteiger partial charge in [-0.05, 0) is 12.8 Å². The van der Waals surface area contributed by atoms with Gasteiger partial charge >= 0.3 is 6.03 Å². The fourth-order valence-corrected chi connectivity index (χ4v) is 4.48. The van der Waals surface area contributed by atoms with Gasteiger partial charge in [0.05, 0.1) is 26.3 Å². The Morgan fingerprint density at radius 1 is 1.07 bits per heavy atom. The number of Topliss-reactive ketones (excluding diaryl/α,β-unsaturated/α-hetero) is 1. The van der Waals surface area contributed by atoms with Crippen LogP contribution in [0.5, 0.6) is 0 Å². The monoisotopic (exact) mass is 401 g/mol. The molecule has 0 aromatic carbocycles. The summed E-state index contributed by atoms with van der Waals surface area (Å²) in [5, 5.41) is 4.95. The SMILES string of the molecule is O=C1CN(C(=O)NC2CCCCC2)CC2=C1N=C1N=C(N3CCOCC3)NN1C2. The Balaban J connectivity index is 1.27. The molecule has 2 N–H and O–H groups in total. The predicted molar refractivity (Wildman–Crippen MR) is 106 cm³/mol. The van der Waals surface area contributed by atoms with Crippen LogP contribution in [0.25, 0.3) is 0 Å². The van der Waals surface area contributed by atoms with E-state index in [4.69, 9.17) is 4.74 Å². The van der Waals surface area contributed by atoms with Crippen LogP contribution >= 0.6 is 0 Å². The molecule has 2 amide bonds. The lowest BCUT2D eigenvalue weighted by molar-refractivity contribution is -0.116. The maximum Gasteiger partial charge on any atom is 0.318 e. The van der Waals surface area contributed by atoms with Gasteiger partial charge in [0.1, 0.15) is 5.70 Å². The van der Waals surface area contributed by atoms with E-state index < -0.39 is 0 Å². The number of ketones is 1. The fourth-order valence-electron chi connectivity index (χ4n) is 4.48. The second kappa shape index (κ2) is 7.66. The van der Waals surface area contributed by atoms with Crippen LogP contribution in [0.2, 0.25) is 0 Å². The van der Waals surface area contributed by atoms with Gasteiger partial charge in [-0.1, -0.05) is 19.3 Å². The molecule has 5 aliphatic rings. The van der Waals surface area contributed by atoms with E-state index in [0.29, 0.717) is 38.0 Å². The van der Waals surface area contributed by atoms with E-state index in [1.807, 2.05) is 5.01 Å². The van der Waals surface area contributed by atoms with E-state index in [9.17, 15) is 9.59 Å². The predicted octanol–water partition coefficient (Wildman–Crippen LogP) is 0.0455. The van der Waals surface area contributed by atoms with E-state index in [1.165, 1.54) is 6.42 Å². The molecule has 1 aliphatic carbocycles. The maximum atomic E-state index is 12.7. The Bertz CT molecular complexity index is 794. The first-order valence-electron chi connectivity index (χ1n) is 10.5. The number of nitrogens with one attached hydrogen (secondary N) is 2. The molecule has 2 fully saturated rings. The zero-order chi connectivity index (χ0) is 19.8. The minimum absolute atomic E-state index is 0.0711. The molecule has 0 unspecified atom stereocenters. The van der Waals surface area contributed by atoms with Crippen molar-refractivity contribution < 1.29 is 14.3 Å². The highest BCUT2D eigenvalue weighted by atomic mass is 16.5. The molecule has 156 valence electrons. The van der Waals surface area contributed by atoms with Gasteiger partial charge in [0.25, 0.3) is 0 Å². The number of amides is 2. The number of hydrogen-bond acceptors (Lipinski definition) is 8. The average Bonchev–Trinajstić information content (AvgIpc) is 3.17. The van der Waals surface area contributed by atoms with E-state index in [-0.39, 0.29) is 24.4 Å². The van der Waals surface area contributed by atoms with E-state index in [2.05, 4.69) is 25.6 Å². The molecule has 0 atom stereocenters. The van der Waals surface area contributed by atoms with Crippen molar-refractivity contribution >= 4 is 23.7 Å². The third-order valence-corrected chi connectivity index (χ3v) is 6.09. The number of guanidine groups is 2. The Labute approximate surface area is 169 Å². The number of fused-ring (bicyclic) bond motifs is 1. The minimum Gasteiger partial charge on any atom is -0.378 e. The van der Waals surface area contributed by atoms with Crippen molar-refractivity contribution in [2.24, 2.45) is 9.98 Å². The lowest BCUT2D eigenvalue weighted by Gasteiger charge is -2.35. The van der Waals surface area contributed by atoms with Crippen LogP contribution in [0.1, 0.15) is 32.1 Å². The number of carbonyl (C=O) groups is 2. The van der Waals surface area contributed by atoms with Crippen molar-refractivity contribution in [2.45, 2.75) is 38.1 Å². The van der Waals surface area contributed by atoms with Crippen LogP contribution in [0.3, 0.4) is 0 Å². The number of ether oxygens (including phenoxy) is 1. The number of nitrogens with zero attached hydrogens (tertiary/aromatic N) is 5. The van der Waals surface area contributed by atoms with Gasteiger partial charge in [-0.25, -0.2) is 14.8 Å². The topological polar surface area (TPSA) is 102 Å². The minimum atomic E-state index is -0.147. The Morgan fingerprint density at radius 2 is 1.86 bits per heavy atom. The molecular weight excluding hydrogens is 374 g/mol. The molecule has 4 aliphatic heterocycles. The average molecular weight is 401 g/mol. The van der Waals surface area contributed by atoms with Gasteiger partial charge in [0, 0.05) is 31.2 Å². The van der Waals surface area contributed by atoms with Crippen molar-refractivity contribution in [1.29, 1.82) is 0 Å². The number of hydrazine groups is 1. The van der Waals surface area contributed by atoms with Crippen LogP contribution in [0, 0.1) is 0 Å². The summed E-state index contributed by atoms with van der Waals surface area (Å²) in [5.41, 5.74) is 4.60. The largest absolute Gasteiger partial charge is 0.378 e. The third kappa shape index (κ3) is 3.68. The van der Waals surface area contributed by atoms with Gasteiger partial charge < -0.3 is 19.9 Å². The summed E-state index contributed by atoms with van der Waals surface area (Å²) >= 11 is 0. The lowest BCUT2D eigenvalue weighted by atomic mass is 9.95. The highest BCUT2D eigenvalue weighted by Crippen LogP contribution is 2.24. The van der Waals surface area contributed by atoms with Gasteiger partial charge in [-0.2, -0.15) is 4.99 Å². The molecule has 0 radical (unpaired) electrons. The summed E-state index contributed by atoms with van der Waals surface area (Å²) in [6.07, 6.45) is 5.59. The normalized spacial score (nSPS) is 25.2. The summed E-state index contributed by atoms with van der Waals surface area (Å²) in [5.74, 6) is 1.14. The second-order valence-corrected chi connectivity index (χ2v) is 8.16. The third-order valence-electron chi connectivity index (χ3n) is 6.09. The molecule has 0 spiro atoms. The van der Waals surface area contributed by atoms with Crippen LogP contribution < -0.4 is 10.7 Å². The molecule has 4 heterocycles. The Kier molecular flexibility index (Phi) is 4.86. The summed E-state index contributed by atoms with van der Waals surface area (Å²) in [7, 11) is 0. The van der Waals surface area contributed by atoms with Crippen LogP contribution in [0.4, 0.5) is 4.79 Å². The summed E-state index contributed by atoms with van der Waals surface area (Å²) < 4.78 is 5.39. The van der Waals surface area contributed by atoms with Crippen LogP contribution in [-0.2, 0) is 9.53 Å². The van der Waals surface area contributed by atoms with Crippen molar-refractivity contribution in [3.63, 3.8) is 0 Å². The zero-order valence-electron chi connectivity index (χ0n) is 16.5. The first-order chi connectivity index (χ1) is 14.2. The van der Waals surface area contributed by atoms with Gasteiger partial charge in [0.2, 0.25) is 17.7 Å². The number of carbonyl (C=O) groups excluding carboxylic acids is 2. The number of aliphatic imine (C=N–C) groups is 2. The van der Waals surface area contributed by atoms with Crippen molar-refractivity contribution in [1.82, 2.24) is 25.6 Å².